The molecular formula is C57H73N3O4. The molecule has 1 aromatic heterocycles. The van der Waals surface area contributed by atoms with Gasteiger partial charge in [0.1, 0.15) is 13.2 Å². The Morgan fingerprint density at radius 1 is 0.734 bits per heavy atom. The largest absolute Gasteiger partial charge is 0.493 e. The molecule has 0 radical (unpaired) electrons. The lowest BCUT2D eigenvalue weighted by atomic mass is 9.84. The van der Waals surface area contributed by atoms with Crippen LogP contribution < -0.4 is 24.3 Å². The minimum Gasteiger partial charge on any atom is -0.493 e. The van der Waals surface area contributed by atoms with Crippen LogP contribution in [0.3, 0.4) is 0 Å². The number of aryl methyl sites for hydroxylation is 3. The number of aliphatic imine (C=N–C) groups is 1. The summed E-state index contributed by atoms with van der Waals surface area (Å²) in [5, 5.41) is 3.93. The summed E-state index contributed by atoms with van der Waals surface area (Å²) in [5.41, 5.74) is 14.3. The lowest BCUT2D eigenvalue weighted by Gasteiger charge is -2.27. The van der Waals surface area contributed by atoms with E-state index in [1.54, 1.807) is 14.2 Å². The fourth-order valence-electron chi connectivity index (χ4n) is 8.87. The van der Waals surface area contributed by atoms with E-state index in [0.29, 0.717) is 40.8 Å². The normalized spacial score (nSPS) is 13.9. The van der Waals surface area contributed by atoms with Gasteiger partial charge in [-0.1, -0.05) is 108 Å². The maximum absolute atomic E-state index is 6.57. The number of hydrogen-bond donors (Lipinski definition) is 1. The molecule has 64 heavy (non-hydrogen) atoms. The second-order valence-corrected chi connectivity index (χ2v) is 17.6. The molecule has 0 saturated heterocycles. The molecule has 6 rings (SSSR count). The van der Waals surface area contributed by atoms with Crippen LogP contribution in [0.5, 0.6) is 23.0 Å². The second kappa shape index (κ2) is 23.9. The van der Waals surface area contributed by atoms with Crippen molar-refractivity contribution in [1.29, 1.82) is 0 Å². The zero-order valence-corrected chi connectivity index (χ0v) is 40.2. The first-order valence-corrected chi connectivity index (χ1v) is 23.9. The van der Waals surface area contributed by atoms with Crippen LogP contribution >= 0.6 is 0 Å². The number of nitrogens with zero attached hydrogens (tertiary/aromatic N) is 2. The van der Waals surface area contributed by atoms with Crippen LogP contribution in [-0.2, 0) is 38.9 Å². The smallest absolute Gasteiger partial charge is 0.163 e. The predicted molar refractivity (Wildman–Crippen MR) is 267 cm³/mol. The monoisotopic (exact) mass is 864 g/mol. The van der Waals surface area contributed by atoms with Crippen LogP contribution in [0.25, 0.3) is 5.57 Å². The van der Waals surface area contributed by atoms with E-state index in [1.165, 1.54) is 45.4 Å². The van der Waals surface area contributed by atoms with Gasteiger partial charge in [-0.2, -0.15) is 0 Å². The standard InChI is InChI=1S/C57H73N3O4/c1-10-20-42(30-46-23-16-14-21-43(46)12-3)35-58-52-33-56(54(61-8)29-40(52)6)63-37-49-27-19-28-50(60-49)38-64-57-34-53(51(32-55(57)62-9)41(7)45-25-18-26-45)59-36-48(39(5)11-2)31-47-24-17-15-22-44(47)13-4/h14-17,19,21-24,27-29,32-35,39,42,48,59H,10-13,18,20,25-26,30-31,36-38H2,1-9H3. The number of ether oxygens (including phenoxy) is 4. The molecule has 7 nitrogen and oxygen atoms in total. The quantitative estimate of drug-likeness (QED) is 0.0623. The Morgan fingerprint density at radius 2 is 1.33 bits per heavy atom. The number of nitrogens with one attached hydrogen (secondary N) is 1. The van der Waals surface area contributed by atoms with Crippen LogP contribution in [0.15, 0.2) is 102 Å². The number of benzene rings is 4. The lowest BCUT2D eigenvalue weighted by molar-refractivity contribution is 0.272. The molecule has 1 heterocycles. The summed E-state index contributed by atoms with van der Waals surface area (Å²) in [6.45, 7) is 17.1. The van der Waals surface area contributed by atoms with Gasteiger partial charge in [0.15, 0.2) is 23.0 Å². The van der Waals surface area contributed by atoms with Crippen molar-refractivity contribution in [2.24, 2.45) is 22.7 Å². The molecule has 3 unspecified atom stereocenters. The van der Waals surface area contributed by atoms with Gasteiger partial charge in [-0.05, 0) is 141 Å². The molecule has 1 N–H and O–H groups in total. The van der Waals surface area contributed by atoms with Crippen LogP contribution in [0, 0.1) is 24.7 Å². The van der Waals surface area contributed by atoms with Crippen molar-refractivity contribution in [3.63, 3.8) is 0 Å². The van der Waals surface area contributed by atoms with Gasteiger partial charge < -0.3 is 24.3 Å². The number of anilines is 1. The Bertz CT molecular complexity index is 2340. The van der Waals surface area contributed by atoms with Gasteiger partial charge >= 0.3 is 0 Å². The van der Waals surface area contributed by atoms with Gasteiger partial charge in [0.25, 0.3) is 0 Å². The van der Waals surface area contributed by atoms with Gasteiger partial charge in [0.2, 0.25) is 0 Å². The number of hydrogen-bond acceptors (Lipinski definition) is 7. The number of rotatable bonds is 24. The number of allylic oxidation sites excluding steroid dienone is 2. The summed E-state index contributed by atoms with van der Waals surface area (Å²) in [4.78, 5) is 9.99. The van der Waals surface area contributed by atoms with Crippen molar-refractivity contribution in [3.05, 3.63) is 141 Å². The summed E-state index contributed by atoms with van der Waals surface area (Å²) in [7, 11) is 3.39. The SMILES string of the molecule is CCCC(C=Nc1cc(OCc2cccc(COc3cc(NCC(Cc4ccccc4CC)C(C)CC)c(C(C)=C4CCC4)cc3OC)n2)c(OC)cc1C)Cc1ccccc1CC. The highest BCUT2D eigenvalue weighted by Crippen LogP contribution is 2.42. The minimum atomic E-state index is 0.267. The third kappa shape index (κ3) is 12.6. The van der Waals surface area contributed by atoms with Crippen LogP contribution in [0.1, 0.15) is 125 Å². The van der Waals surface area contributed by atoms with Gasteiger partial charge in [-0.25, -0.2) is 0 Å². The van der Waals surface area contributed by atoms with E-state index in [-0.39, 0.29) is 13.2 Å². The molecule has 1 aliphatic rings. The molecule has 1 aliphatic carbocycles. The van der Waals surface area contributed by atoms with E-state index in [9.17, 15) is 0 Å². The summed E-state index contributed by atoms with van der Waals surface area (Å²) in [5.74, 6) is 4.08. The van der Waals surface area contributed by atoms with Gasteiger partial charge in [0, 0.05) is 36.1 Å². The maximum Gasteiger partial charge on any atom is 0.163 e. The topological polar surface area (TPSA) is 74.2 Å². The molecule has 0 aliphatic heterocycles. The Balaban J connectivity index is 1.17. The van der Waals surface area contributed by atoms with E-state index in [0.717, 1.165) is 92.7 Å². The van der Waals surface area contributed by atoms with Crippen molar-refractivity contribution in [2.75, 3.05) is 26.1 Å². The predicted octanol–water partition coefficient (Wildman–Crippen LogP) is 14.3. The van der Waals surface area contributed by atoms with Crippen molar-refractivity contribution in [2.45, 2.75) is 126 Å². The number of aromatic nitrogens is 1. The number of pyridine rings is 1. The summed E-state index contributed by atoms with van der Waals surface area (Å²) in [6.07, 6.45) is 13.1. The first-order valence-electron chi connectivity index (χ1n) is 23.9. The van der Waals surface area contributed by atoms with Crippen molar-refractivity contribution >= 4 is 23.2 Å². The highest BCUT2D eigenvalue weighted by Gasteiger charge is 2.22. The first kappa shape index (κ1) is 47.9. The second-order valence-electron chi connectivity index (χ2n) is 17.6. The third-order valence-corrected chi connectivity index (χ3v) is 13.3. The molecule has 3 atom stereocenters. The van der Waals surface area contributed by atoms with Crippen molar-refractivity contribution in [3.8, 4) is 23.0 Å². The van der Waals surface area contributed by atoms with Crippen molar-refractivity contribution in [1.82, 2.24) is 4.98 Å². The minimum absolute atomic E-state index is 0.267. The highest BCUT2D eigenvalue weighted by molar-refractivity contribution is 5.80. The molecule has 7 heteroatoms. The van der Waals surface area contributed by atoms with E-state index in [1.807, 2.05) is 30.3 Å². The van der Waals surface area contributed by atoms with Crippen LogP contribution in [-0.4, -0.2) is 32.0 Å². The van der Waals surface area contributed by atoms with Crippen molar-refractivity contribution < 1.29 is 18.9 Å². The zero-order valence-electron chi connectivity index (χ0n) is 40.2. The molecule has 1 fully saturated rings. The molecule has 0 bridgehead atoms. The molecular weight excluding hydrogens is 791 g/mol. The Morgan fingerprint density at radius 3 is 1.89 bits per heavy atom. The molecule has 4 aromatic carbocycles. The van der Waals surface area contributed by atoms with E-state index >= 15 is 0 Å². The average molecular weight is 864 g/mol. The van der Waals surface area contributed by atoms with E-state index < -0.39 is 0 Å². The molecule has 1 saturated carbocycles. The fraction of sp³-hybridized carbons (Fsp3) is 0.439. The van der Waals surface area contributed by atoms with Crippen LogP contribution in [0.2, 0.25) is 0 Å². The zero-order chi connectivity index (χ0) is 45.4. The fourth-order valence-corrected chi connectivity index (χ4v) is 8.87. The third-order valence-electron chi connectivity index (χ3n) is 13.3. The Labute approximate surface area is 384 Å². The molecule has 0 spiro atoms. The highest BCUT2D eigenvalue weighted by atomic mass is 16.5. The van der Waals surface area contributed by atoms with Gasteiger partial charge in [0.05, 0.1) is 31.3 Å². The van der Waals surface area contributed by atoms with E-state index in [4.69, 9.17) is 28.9 Å². The summed E-state index contributed by atoms with van der Waals surface area (Å²) in [6, 6.07) is 31.9. The van der Waals surface area contributed by atoms with E-state index in [2.05, 4.69) is 121 Å². The van der Waals surface area contributed by atoms with Crippen LogP contribution in [0.4, 0.5) is 11.4 Å². The Hall–Kier alpha value is -5.56. The van der Waals surface area contributed by atoms with Gasteiger partial charge in [-0.15, -0.1) is 0 Å². The molecule has 0 amide bonds. The summed E-state index contributed by atoms with van der Waals surface area (Å²) < 4.78 is 24.7. The first-order chi connectivity index (χ1) is 31.2. The molecule has 340 valence electrons. The van der Waals surface area contributed by atoms with Gasteiger partial charge in [-0.3, -0.25) is 9.98 Å². The molecule has 5 aromatic rings. The summed E-state index contributed by atoms with van der Waals surface area (Å²) >= 11 is 0. The average Bonchev–Trinajstić information content (AvgIpc) is 3.30. The Kier molecular flexibility index (Phi) is 17.9. The maximum atomic E-state index is 6.57. The lowest BCUT2D eigenvalue weighted by Crippen LogP contribution is -2.24. The number of methoxy groups -OCH3 is 2.